The first-order valence-corrected chi connectivity index (χ1v) is 8.97. The number of carbonyl (C=O) groups is 1. The van der Waals surface area contributed by atoms with E-state index >= 15 is 0 Å². The van der Waals surface area contributed by atoms with Crippen LogP contribution in [0.3, 0.4) is 0 Å². The van der Waals surface area contributed by atoms with Gasteiger partial charge in [-0.15, -0.1) is 11.8 Å². The molecule has 0 spiro atoms. The van der Waals surface area contributed by atoms with Gasteiger partial charge in [0, 0.05) is 23.8 Å². The van der Waals surface area contributed by atoms with Gasteiger partial charge in [0.15, 0.2) is 0 Å². The molecule has 108 valence electrons. The summed E-state index contributed by atoms with van der Waals surface area (Å²) in [7, 11) is 0. The van der Waals surface area contributed by atoms with Crippen LogP contribution in [0.15, 0.2) is 12.1 Å². The van der Waals surface area contributed by atoms with Gasteiger partial charge in [-0.1, -0.05) is 6.07 Å². The summed E-state index contributed by atoms with van der Waals surface area (Å²) in [6, 6.07) is 3.59. The molecule has 0 bridgehead atoms. The average molecular weight is 312 g/mol. The molecule has 3 nitrogen and oxygen atoms in total. The standard InChI is InChI=1S/C14H17FN2OS2/c15-13-10-3-4-16-7-9(10)1-2-11(13)17-14(18)12-8-19-5-6-20-12/h1-2,12,16H,3-8H2,(H,17,18). The Morgan fingerprint density at radius 1 is 1.40 bits per heavy atom. The molecule has 0 saturated carbocycles. The Kier molecular flexibility index (Phi) is 4.53. The molecule has 1 amide bonds. The van der Waals surface area contributed by atoms with Crippen molar-refractivity contribution in [2.45, 2.75) is 18.2 Å². The maximum absolute atomic E-state index is 14.4. The molecule has 1 aromatic rings. The Balaban J connectivity index is 1.75. The van der Waals surface area contributed by atoms with Gasteiger partial charge in [-0.3, -0.25) is 4.79 Å². The van der Waals surface area contributed by atoms with Gasteiger partial charge in [0.2, 0.25) is 5.91 Å². The molecular formula is C14H17FN2OS2. The van der Waals surface area contributed by atoms with Crippen molar-refractivity contribution in [2.24, 2.45) is 0 Å². The molecule has 0 aromatic heterocycles. The fourth-order valence-electron chi connectivity index (χ4n) is 2.48. The third kappa shape index (κ3) is 2.97. The van der Waals surface area contributed by atoms with Gasteiger partial charge in [-0.2, -0.15) is 11.8 Å². The number of halogens is 1. The number of rotatable bonds is 2. The van der Waals surface area contributed by atoms with Crippen molar-refractivity contribution in [3.05, 3.63) is 29.1 Å². The quantitative estimate of drug-likeness (QED) is 0.879. The fourth-order valence-corrected chi connectivity index (χ4v) is 5.04. The lowest BCUT2D eigenvalue weighted by molar-refractivity contribution is -0.115. The Bertz CT molecular complexity index is 518. The number of benzene rings is 1. The Morgan fingerprint density at radius 2 is 2.30 bits per heavy atom. The molecule has 1 aromatic carbocycles. The molecule has 1 atom stereocenters. The van der Waals surface area contributed by atoms with Crippen LogP contribution in [-0.4, -0.2) is 35.0 Å². The summed E-state index contributed by atoms with van der Waals surface area (Å²) in [5.41, 5.74) is 2.06. The molecular weight excluding hydrogens is 295 g/mol. The van der Waals surface area contributed by atoms with Crippen LogP contribution in [0, 0.1) is 5.82 Å². The van der Waals surface area contributed by atoms with Gasteiger partial charge in [0.25, 0.3) is 0 Å². The van der Waals surface area contributed by atoms with Crippen LogP contribution >= 0.6 is 23.5 Å². The van der Waals surface area contributed by atoms with Gasteiger partial charge in [0.1, 0.15) is 5.82 Å². The molecule has 20 heavy (non-hydrogen) atoms. The highest BCUT2D eigenvalue weighted by Gasteiger charge is 2.24. The molecule has 2 N–H and O–H groups in total. The lowest BCUT2D eigenvalue weighted by atomic mass is 9.99. The highest BCUT2D eigenvalue weighted by atomic mass is 32.2. The molecule has 2 heterocycles. The van der Waals surface area contributed by atoms with Crippen LogP contribution in [0.4, 0.5) is 10.1 Å². The van der Waals surface area contributed by atoms with Crippen LogP contribution in [0.2, 0.25) is 0 Å². The van der Waals surface area contributed by atoms with Crippen molar-refractivity contribution in [3.63, 3.8) is 0 Å². The van der Waals surface area contributed by atoms with Gasteiger partial charge >= 0.3 is 0 Å². The summed E-state index contributed by atoms with van der Waals surface area (Å²) in [6.45, 7) is 1.49. The number of thioether (sulfide) groups is 2. The van der Waals surface area contributed by atoms with Crippen LogP contribution < -0.4 is 10.6 Å². The molecule has 1 fully saturated rings. The highest BCUT2D eigenvalue weighted by Crippen LogP contribution is 2.28. The van der Waals surface area contributed by atoms with E-state index in [1.807, 2.05) is 6.07 Å². The number of nitrogens with one attached hydrogen (secondary N) is 2. The molecule has 3 rings (SSSR count). The zero-order valence-corrected chi connectivity index (χ0v) is 12.7. The molecule has 1 unspecified atom stereocenters. The lowest BCUT2D eigenvalue weighted by Crippen LogP contribution is -2.31. The number of hydrogen-bond donors (Lipinski definition) is 2. The summed E-state index contributed by atoms with van der Waals surface area (Å²) < 4.78 is 14.4. The zero-order valence-electron chi connectivity index (χ0n) is 11.1. The van der Waals surface area contributed by atoms with E-state index in [0.717, 1.165) is 34.9 Å². The number of amides is 1. The number of anilines is 1. The van der Waals surface area contributed by atoms with Gasteiger partial charge in [-0.05, 0) is 30.2 Å². The summed E-state index contributed by atoms with van der Waals surface area (Å²) in [4.78, 5) is 12.2. The normalized spacial score (nSPS) is 22.1. The zero-order chi connectivity index (χ0) is 13.9. The minimum atomic E-state index is -0.259. The van der Waals surface area contributed by atoms with Crippen molar-refractivity contribution < 1.29 is 9.18 Å². The van der Waals surface area contributed by atoms with E-state index < -0.39 is 0 Å². The third-order valence-electron chi connectivity index (χ3n) is 3.57. The first-order chi connectivity index (χ1) is 9.75. The maximum atomic E-state index is 14.4. The summed E-state index contributed by atoms with van der Waals surface area (Å²) >= 11 is 3.45. The fraction of sp³-hybridized carbons (Fsp3) is 0.500. The smallest absolute Gasteiger partial charge is 0.238 e. The minimum Gasteiger partial charge on any atom is -0.323 e. The van der Waals surface area contributed by atoms with E-state index in [0.29, 0.717) is 18.7 Å². The largest absolute Gasteiger partial charge is 0.323 e. The number of carbonyl (C=O) groups excluding carboxylic acids is 1. The van der Waals surface area contributed by atoms with E-state index in [9.17, 15) is 9.18 Å². The van der Waals surface area contributed by atoms with Crippen molar-refractivity contribution in [1.29, 1.82) is 0 Å². The maximum Gasteiger partial charge on any atom is 0.238 e. The summed E-state index contributed by atoms with van der Waals surface area (Å²) in [5.74, 6) is 2.56. The second kappa shape index (κ2) is 6.37. The molecule has 0 radical (unpaired) electrons. The molecule has 2 aliphatic rings. The summed E-state index contributed by atoms with van der Waals surface area (Å²) in [5, 5.41) is 5.92. The highest BCUT2D eigenvalue weighted by molar-refractivity contribution is 8.07. The topological polar surface area (TPSA) is 41.1 Å². The second-order valence-corrected chi connectivity index (χ2v) is 7.38. The van der Waals surface area contributed by atoms with Crippen LogP contribution in [0.1, 0.15) is 11.1 Å². The average Bonchev–Trinajstić information content (AvgIpc) is 2.51. The van der Waals surface area contributed by atoms with Gasteiger partial charge < -0.3 is 10.6 Å². The van der Waals surface area contributed by atoms with Gasteiger partial charge in [0.05, 0.1) is 10.9 Å². The Morgan fingerprint density at radius 3 is 3.10 bits per heavy atom. The summed E-state index contributed by atoms with van der Waals surface area (Å²) in [6.07, 6.45) is 0.679. The molecule has 0 aliphatic carbocycles. The first-order valence-electron chi connectivity index (χ1n) is 6.77. The Labute approximate surface area is 126 Å². The molecule has 2 aliphatic heterocycles. The van der Waals surface area contributed by atoms with Gasteiger partial charge in [-0.25, -0.2) is 4.39 Å². The van der Waals surface area contributed by atoms with E-state index in [4.69, 9.17) is 0 Å². The predicted octanol–water partition coefficient (Wildman–Crippen LogP) is 2.26. The number of fused-ring (bicyclic) bond motifs is 1. The van der Waals surface area contributed by atoms with E-state index in [-0.39, 0.29) is 17.0 Å². The molecule has 6 heteroatoms. The minimum absolute atomic E-state index is 0.0640. The van der Waals surface area contributed by atoms with Crippen molar-refractivity contribution in [2.75, 3.05) is 29.1 Å². The van der Waals surface area contributed by atoms with Crippen molar-refractivity contribution in [1.82, 2.24) is 5.32 Å². The monoisotopic (exact) mass is 312 g/mol. The van der Waals surface area contributed by atoms with Crippen LogP contribution in [-0.2, 0) is 17.8 Å². The predicted molar refractivity (Wildman–Crippen MR) is 84.0 cm³/mol. The van der Waals surface area contributed by atoms with Crippen molar-refractivity contribution in [3.8, 4) is 0 Å². The van der Waals surface area contributed by atoms with E-state index in [1.54, 1.807) is 29.6 Å². The Hall–Kier alpha value is -0.720. The first kappa shape index (κ1) is 14.2. The van der Waals surface area contributed by atoms with Crippen LogP contribution in [0.25, 0.3) is 0 Å². The molecule has 1 saturated heterocycles. The van der Waals surface area contributed by atoms with Crippen LogP contribution in [0.5, 0.6) is 0 Å². The van der Waals surface area contributed by atoms with E-state index in [1.165, 1.54) is 0 Å². The van der Waals surface area contributed by atoms with Crippen molar-refractivity contribution >= 4 is 35.1 Å². The SMILES string of the molecule is O=C(Nc1ccc2c(c1F)CCNC2)C1CSCCS1. The van der Waals surface area contributed by atoms with E-state index in [2.05, 4.69) is 10.6 Å². The third-order valence-corrected chi connectivity index (χ3v) is 6.33. The second-order valence-electron chi connectivity index (χ2n) is 4.92. The number of hydrogen-bond acceptors (Lipinski definition) is 4. The lowest BCUT2D eigenvalue weighted by Gasteiger charge is -2.22.